The molecule has 0 aromatic carbocycles. The van der Waals surface area contributed by atoms with Crippen LogP contribution in [0.3, 0.4) is 0 Å². The predicted octanol–water partition coefficient (Wildman–Crippen LogP) is 0.102. The Hall–Kier alpha value is -2.15. The number of nitrogens with one attached hydrogen (secondary N) is 1. The number of halogens is 1. The van der Waals surface area contributed by atoms with Gasteiger partial charge >= 0.3 is 5.97 Å². The van der Waals surface area contributed by atoms with Crippen molar-refractivity contribution in [1.82, 2.24) is 10.3 Å². The molecule has 0 fully saturated rings. The molecule has 2 amide bonds. The molecule has 19 heavy (non-hydrogen) atoms. The number of aromatic nitrogens is 1. The first-order chi connectivity index (χ1) is 8.79. The summed E-state index contributed by atoms with van der Waals surface area (Å²) in [4.78, 5) is 37.3. The third-order valence-electron chi connectivity index (χ3n) is 2.19. The van der Waals surface area contributed by atoms with Crippen LogP contribution in [0.25, 0.3) is 0 Å². The van der Waals surface area contributed by atoms with Crippen LogP contribution in [0.15, 0.2) is 12.1 Å². The summed E-state index contributed by atoms with van der Waals surface area (Å²) in [6.45, 7) is 1.64. The highest BCUT2D eigenvalue weighted by Crippen LogP contribution is 2.10. The van der Waals surface area contributed by atoms with Crippen molar-refractivity contribution in [2.75, 3.05) is 0 Å². The summed E-state index contributed by atoms with van der Waals surface area (Å²) in [5, 5.41) is 11.2. The summed E-state index contributed by atoms with van der Waals surface area (Å²) in [5.74, 6) is -2.83. The van der Waals surface area contributed by atoms with Gasteiger partial charge in [0.15, 0.2) is 0 Å². The van der Waals surface area contributed by atoms with E-state index in [2.05, 4.69) is 10.3 Å². The van der Waals surface area contributed by atoms with Crippen molar-refractivity contribution in [3.05, 3.63) is 28.5 Å². The first-order valence-electron chi connectivity index (χ1n) is 5.25. The molecule has 0 spiro atoms. The fourth-order valence-electron chi connectivity index (χ4n) is 1.40. The number of hydrogen-bond donors (Lipinski definition) is 3. The molecule has 1 aromatic rings. The van der Waals surface area contributed by atoms with E-state index >= 15 is 0 Å². The van der Waals surface area contributed by atoms with Gasteiger partial charge in [0.25, 0.3) is 5.91 Å². The highest BCUT2D eigenvalue weighted by atomic mass is 35.5. The molecule has 1 aromatic heterocycles. The SMILES string of the molecule is Cc1cc(C(=O)N[C@H](CC(N)=O)C(=O)O)cc(Cl)n1. The number of nitrogens with zero attached hydrogens (tertiary/aromatic N) is 1. The number of pyridine rings is 1. The number of aliphatic carboxylic acids is 1. The molecule has 102 valence electrons. The van der Waals surface area contributed by atoms with Crippen LogP contribution in [0.5, 0.6) is 0 Å². The van der Waals surface area contributed by atoms with Gasteiger partial charge < -0.3 is 16.2 Å². The van der Waals surface area contributed by atoms with Crippen LogP contribution in [-0.2, 0) is 9.59 Å². The van der Waals surface area contributed by atoms with E-state index in [1.54, 1.807) is 6.92 Å². The zero-order valence-corrected chi connectivity index (χ0v) is 10.8. The fraction of sp³-hybridized carbons (Fsp3) is 0.273. The Morgan fingerprint density at radius 3 is 2.58 bits per heavy atom. The van der Waals surface area contributed by atoms with Gasteiger partial charge in [-0.2, -0.15) is 0 Å². The molecule has 1 rings (SSSR count). The van der Waals surface area contributed by atoms with Crippen LogP contribution >= 0.6 is 11.6 Å². The summed E-state index contributed by atoms with van der Waals surface area (Å²) in [6, 6.07) is 1.37. The number of aryl methyl sites for hydroxylation is 1. The Morgan fingerprint density at radius 2 is 2.11 bits per heavy atom. The molecule has 0 aliphatic heterocycles. The number of primary amides is 1. The van der Waals surface area contributed by atoms with E-state index < -0.39 is 30.2 Å². The second-order valence-corrected chi connectivity index (χ2v) is 4.24. The topological polar surface area (TPSA) is 122 Å². The lowest BCUT2D eigenvalue weighted by Gasteiger charge is -2.13. The van der Waals surface area contributed by atoms with Gasteiger partial charge in [-0.05, 0) is 19.1 Å². The van der Waals surface area contributed by atoms with Crippen molar-refractivity contribution in [2.45, 2.75) is 19.4 Å². The molecule has 0 unspecified atom stereocenters. The number of carbonyl (C=O) groups is 3. The Balaban J connectivity index is 2.87. The maximum absolute atomic E-state index is 11.8. The van der Waals surface area contributed by atoms with Crippen molar-refractivity contribution in [1.29, 1.82) is 0 Å². The molecular weight excluding hydrogens is 274 g/mol. The van der Waals surface area contributed by atoms with Crippen LogP contribution in [0.2, 0.25) is 5.15 Å². The van der Waals surface area contributed by atoms with E-state index in [1.165, 1.54) is 12.1 Å². The Bertz CT molecular complexity index is 512. The van der Waals surface area contributed by atoms with Crippen LogP contribution in [0, 0.1) is 6.92 Å². The van der Waals surface area contributed by atoms with Gasteiger partial charge in [0.05, 0.1) is 6.42 Å². The van der Waals surface area contributed by atoms with Crippen molar-refractivity contribution in [2.24, 2.45) is 5.73 Å². The third-order valence-corrected chi connectivity index (χ3v) is 2.39. The average Bonchev–Trinajstić information content (AvgIpc) is 2.25. The second-order valence-electron chi connectivity index (χ2n) is 3.85. The highest BCUT2D eigenvalue weighted by Gasteiger charge is 2.23. The largest absolute Gasteiger partial charge is 0.480 e. The zero-order valence-electron chi connectivity index (χ0n) is 10.0. The van der Waals surface area contributed by atoms with Gasteiger partial charge in [0.2, 0.25) is 5.91 Å². The summed E-state index contributed by atoms with van der Waals surface area (Å²) in [5.41, 5.74) is 5.58. The van der Waals surface area contributed by atoms with E-state index in [4.69, 9.17) is 22.4 Å². The minimum atomic E-state index is -1.38. The first-order valence-corrected chi connectivity index (χ1v) is 5.63. The van der Waals surface area contributed by atoms with Gasteiger partial charge in [-0.3, -0.25) is 9.59 Å². The van der Waals surface area contributed by atoms with E-state index in [1.807, 2.05) is 0 Å². The monoisotopic (exact) mass is 285 g/mol. The maximum Gasteiger partial charge on any atom is 0.326 e. The summed E-state index contributed by atoms with van der Waals surface area (Å²) in [6.07, 6.45) is -0.487. The number of carboxylic acid groups (broad SMARTS) is 1. The zero-order chi connectivity index (χ0) is 14.6. The first kappa shape index (κ1) is 14.9. The molecule has 0 radical (unpaired) electrons. The van der Waals surface area contributed by atoms with E-state index in [9.17, 15) is 14.4 Å². The standard InChI is InChI=1S/C11H12ClN3O4/c1-5-2-6(3-8(12)14-5)10(17)15-7(11(18)19)4-9(13)16/h2-3,7H,4H2,1H3,(H2,13,16)(H,15,17)(H,18,19)/t7-/m1/s1. The summed E-state index contributed by atoms with van der Waals surface area (Å²) in [7, 11) is 0. The number of rotatable bonds is 5. The fourth-order valence-corrected chi connectivity index (χ4v) is 1.65. The third kappa shape index (κ3) is 4.55. The Morgan fingerprint density at radius 1 is 1.47 bits per heavy atom. The minimum Gasteiger partial charge on any atom is -0.480 e. The number of carbonyl (C=O) groups excluding carboxylic acids is 2. The van der Waals surface area contributed by atoms with Gasteiger partial charge in [0.1, 0.15) is 11.2 Å². The quantitative estimate of drug-likeness (QED) is 0.662. The molecular formula is C11H12ClN3O4. The molecule has 0 aliphatic carbocycles. The number of amides is 2. The average molecular weight is 286 g/mol. The van der Waals surface area contributed by atoms with Gasteiger partial charge in [0, 0.05) is 11.3 Å². The molecule has 0 saturated heterocycles. The van der Waals surface area contributed by atoms with Gasteiger partial charge in [-0.25, -0.2) is 9.78 Å². The van der Waals surface area contributed by atoms with E-state index in [0.717, 1.165) is 0 Å². The number of carboxylic acids is 1. The minimum absolute atomic E-state index is 0.118. The van der Waals surface area contributed by atoms with Gasteiger partial charge in [-0.1, -0.05) is 11.6 Å². The van der Waals surface area contributed by atoms with Crippen LogP contribution in [-0.4, -0.2) is 33.9 Å². The van der Waals surface area contributed by atoms with Crippen molar-refractivity contribution >= 4 is 29.4 Å². The summed E-state index contributed by atoms with van der Waals surface area (Å²) < 4.78 is 0. The van der Waals surface area contributed by atoms with Gasteiger partial charge in [-0.15, -0.1) is 0 Å². The molecule has 0 bridgehead atoms. The molecule has 1 atom stereocenters. The highest BCUT2D eigenvalue weighted by molar-refractivity contribution is 6.29. The van der Waals surface area contributed by atoms with Crippen LogP contribution in [0.1, 0.15) is 22.5 Å². The molecule has 1 heterocycles. The number of nitrogens with two attached hydrogens (primary N) is 1. The summed E-state index contributed by atoms with van der Waals surface area (Å²) >= 11 is 5.70. The maximum atomic E-state index is 11.8. The predicted molar refractivity (Wildman–Crippen MR) is 66.7 cm³/mol. The Kier molecular flexibility index (Phi) is 4.82. The van der Waals surface area contributed by atoms with Crippen molar-refractivity contribution in [3.8, 4) is 0 Å². The lowest BCUT2D eigenvalue weighted by atomic mass is 10.1. The second kappa shape index (κ2) is 6.14. The molecule has 8 heteroatoms. The lowest BCUT2D eigenvalue weighted by Crippen LogP contribution is -2.43. The molecule has 7 nitrogen and oxygen atoms in total. The van der Waals surface area contributed by atoms with Crippen molar-refractivity contribution in [3.63, 3.8) is 0 Å². The lowest BCUT2D eigenvalue weighted by molar-refractivity contribution is -0.140. The van der Waals surface area contributed by atoms with Crippen molar-refractivity contribution < 1.29 is 19.5 Å². The van der Waals surface area contributed by atoms with Crippen LogP contribution in [0.4, 0.5) is 0 Å². The van der Waals surface area contributed by atoms with E-state index in [-0.39, 0.29) is 10.7 Å². The molecule has 4 N–H and O–H groups in total. The Labute approximate surface area is 113 Å². The van der Waals surface area contributed by atoms with Crippen LogP contribution < -0.4 is 11.1 Å². The normalized spacial score (nSPS) is 11.7. The molecule has 0 aliphatic rings. The molecule has 0 saturated carbocycles. The number of hydrogen-bond acceptors (Lipinski definition) is 4. The van der Waals surface area contributed by atoms with E-state index in [0.29, 0.717) is 5.69 Å². The smallest absolute Gasteiger partial charge is 0.326 e.